The van der Waals surface area contributed by atoms with Crippen LogP contribution in [0.15, 0.2) is 18.5 Å². The van der Waals surface area contributed by atoms with Crippen molar-refractivity contribution in [3.05, 3.63) is 18.5 Å². The van der Waals surface area contributed by atoms with Crippen molar-refractivity contribution in [3.8, 4) is 12.0 Å². The van der Waals surface area contributed by atoms with Gasteiger partial charge in [0.1, 0.15) is 6.61 Å². The van der Waals surface area contributed by atoms with Crippen molar-refractivity contribution in [3.63, 3.8) is 0 Å². The van der Waals surface area contributed by atoms with Crippen molar-refractivity contribution in [1.82, 2.24) is 24.7 Å². The van der Waals surface area contributed by atoms with Crippen LogP contribution in [0, 0.1) is 0 Å². The molecule has 2 N–H and O–H groups in total. The zero-order valence-electron chi connectivity index (χ0n) is 10.7. The summed E-state index contributed by atoms with van der Waals surface area (Å²) >= 11 is 0. The van der Waals surface area contributed by atoms with Crippen LogP contribution in [-0.2, 0) is 0 Å². The third kappa shape index (κ3) is 3.62. The number of aliphatic hydroxyl groups excluding tert-OH is 1. The molecule has 0 unspecified atom stereocenters. The number of ether oxygens (including phenoxy) is 1. The Bertz CT molecular complexity index is 476. The molecule has 0 aliphatic rings. The van der Waals surface area contributed by atoms with Crippen molar-refractivity contribution in [2.24, 2.45) is 0 Å². The lowest BCUT2D eigenvalue weighted by Gasteiger charge is -2.08. The van der Waals surface area contributed by atoms with Crippen LogP contribution in [0.1, 0.15) is 13.3 Å². The number of aliphatic hydroxyl groups is 1. The van der Waals surface area contributed by atoms with E-state index in [9.17, 15) is 0 Å². The van der Waals surface area contributed by atoms with E-state index in [1.165, 1.54) is 4.68 Å². The fourth-order valence-electron chi connectivity index (χ4n) is 1.35. The first-order chi connectivity index (χ1) is 9.33. The van der Waals surface area contributed by atoms with Crippen molar-refractivity contribution >= 4 is 5.95 Å². The van der Waals surface area contributed by atoms with Gasteiger partial charge in [-0.15, -0.1) is 0 Å². The molecule has 102 valence electrons. The van der Waals surface area contributed by atoms with Crippen LogP contribution in [0.4, 0.5) is 5.95 Å². The molecule has 0 atom stereocenters. The summed E-state index contributed by atoms with van der Waals surface area (Å²) in [6.07, 6.45) is 4.32. The maximum atomic E-state index is 8.76. The molecule has 0 aliphatic carbocycles. The van der Waals surface area contributed by atoms with Crippen LogP contribution < -0.4 is 10.1 Å². The third-order valence-corrected chi connectivity index (χ3v) is 2.17. The summed E-state index contributed by atoms with van der Waals surface area (Å²) in [7, 11) is 0. The Morgan fingerprint density at radius 2 is 2.26 bits per heavy atom. The molecule has 0 radical (unpaired) electrons. The summed E-state index contributed by atoms with van der Waals surface area (Å²) in [5, 5.41) is 15.9. The molecule has 19 heavy (non-hydrogen) atoms. The van der Waals surface area contributed by atoms with Crippen LogP contribution in [0.3, 0.4) is 0 Å². The average Bonchev–Trinajstić information content (AvgIpc) is 2.97. The molecule has 2 aromatic rings. The zero-order valence-corrected chi connectivity index (χ0v) is 10.7. The molecule has 8 nitrogen and oxygen atoms in total. The summed E-state index contributed by atoms with van der Waals surface area (Å²) in [6, 6.07) is 1.94. The van der Waals surface area contributed by atoms with Crippen LogP contribution in [0.5, 0.6) is 6.01 Å². The highest BCUT2D eigenvalue weighted by molar-refractivity contribution is 5.29. The smallest absolute Gasteiger partial charge is 0.323 e. The third-order valence-electron chi connectivity index (χ3n) is 2.17. The van der Waals surface area contributed by atoms with Crippen molar-refractivity contribution in [2.75, 3.05) is 25.1 Å². The monoisotopic (exact) mass is 264 g/mol. The van der Waals surface area contributed by atoms with Gasteiger partial charge in [-0.25, -0.2) is 4.68 Å². The van der Waals surface area contributed by atoms with E-state index in [0.29, 0.717) is 11.9 Å². The van der Waals surface area contributed by atoms with Gasteiger partial charge >= 0.3 is 6.01 Å². The van der Waals surface area contributed by atoms with Crippen molar-refractivity contribution < 1.29 is 9.84 Å². The first kappa shape index (κ1) is 13.2. The SMILES string of the molecule is CCCNc1nc(OCCO)nc(-n2cccn2)n1. The van der Waals surface area contributed by atoms with E-state index < -0.39 is 0 Å². The predicted molar refractivity (Wildman–Crippen MR) is 68.3 cm³/mol. The van der Waals surface area contributed by atoms with E-state index >= 15 is 0 Å². The van der Waals surface area contributed by atoms with Gasteiger partial charge in [-0.1, -0.05) is 6.92 Å². The summed E-state index contributed by atoms with van der Waals surface area (Å²) < 4.78 is 6.74. The van der Waals surface area contributed by atoms with Crippen LogP contribution in [-0.4, -0.2) is 49.6 Å². The predicted octanol–water partition coefficient (Wildman–Crippen LogP) is 0.250. The zero-order chi connectivity index (χ0) is 13.5. The molecule has 0 amide bonds. The molecule has 0 aliphatic heterocycles. The molecule has 2 aromatic heterocycles. The Balaban J connectivity index is 2.25. The molecule has 2 heterocycles. The Morgan fingerprint density at radius 1 is 1.37 bits per heavy atom. The van der Waals surface area contributed by atoms with E-state index in [2.05, 4.69) is 25.4 Å². The number of rotatable bonds is 7. The maximum absolute atomic E-state index is 8.76. The lowest BCUT2D eigenvalue weighted by Crippen LogP contribution is -2.13. The van der Waals surface area contributed by atoms with Gasteiger partial charge in [0.05, 0.1) is 6.61 Å². The fourth-order valence-corrected chi connectivity index (χ4v) is 1.35. The summed E-state index contributed by atoms with van der Waals surface area (Å²) in [5.74, 6) is 0.793. The van der Waals surface area contributed by atoms with Crippen molar-refractivity contribution in [2.45, 2.75) is 13.3 Å². The molecule has 2 rings (SSSR count). The molecule has 0 aromatic carbocycles. The summed E-state index contributed by atoms with van der Waals surface area (Å²) in [4.78, 5) is 12.5. The van der Waals surface area contributed by atoms with E-state index in [1.807, 2.05) is 6.92 Å². The minimum absolute atomic E-state index is 0.0967. The average molecular weight is 264 g/mol. The normalized spacial score (nSPS) is 10.4. The Hall–Kier alpha value is -2.22. The van der Waals surface area contributed by atoms with Gasteiger partial charge in [-0.2, -0.15) is 20.1 Å². The number of hydrogen-bond acceptors (Lipinski definition) is 7. The maximum Gasteiger partial charge on any atom is 0.323 e. The second-order valence-electron chi connectivity index (χ2n) is 3.69. The number of aromatic nitrogens is 5. The first-order valence-electron chi connectivity index (χ1n) is 6.07. The molecule has 0 saturated heterocycles. The highest BCUT2D eigenvalue weighted by Gasteiger charge is 2.09. The van der Waals surface area contributed by atoms with E-state index in [0.717, 1.165) is 13.0 Å². The number of nitrogens with zero attached hydrogens (tertiary/aromatic N) is 5. The van der Waals surface area contributed by atoms with Gasteiger partial charge in [0.25, 0.3) is 5.95 Å². The number of anilines is 1. The number of nitrogens with one attached hydrogen (secondary N) is 1. The minimum Gasteiger partial charge on any atom is -0.461 e. The molecule has 0 fully saturated rings. The van der Waals surface area contributed by atoms with Crippen LogP contribution in [0.25, 0.3) is 5.95 Å². The fraction of sp³-hybridized carbons (Fsp3) is 0.455. The number of hydrogen-bond donors (Lipinski definition) is 2. The molecule has 8 heteroatoms. The Morgan fingerprint density at radius 3 is 2.95 bits per heavy atom. The van der Waals surface area contributed by atoms with Crippen molar-refractivity contribution in [1.29, 1.82) is 0 Å². The highest BCUT2D eigenvalue weighted by atomic mass is 16.5. The quantitative estimate of drug-likeness (QED) is 0.739. The van der Waals surface area contributed by atoms with Gasteiger partial charge in [-0.3, -0.25) is 0 Å². The lowest BCUT2D eigenvalue weighted by molar-refractivity contribution is 0.191. The van der Waals surface area contributed by atoms with Crippen LogP contribution >= 0.6 is 0 Å². The van der Waals surface area contributed by atoms with Gasteiger partial charge in [0.15, 0.2) is 0 Å². The highest BCUT2D eigenvalue weighted by Crippen LogP contribution is 2.10. The van der Waals surface area contributed by atoms with Gasteiger partial charge < -0.3 is 15.2 Å². The van der Waals surface area contributed by atoms with E-state index in [1.54, 1.807) is 18.5 Å². The minimum atomic E-state index is -0.0967. The van der Waals surface area contributed by atoms with Gasteiger partial charge in [-0.05, 0) is 12.5 Å². The lowest BCUT2D eigenvalue weighted by atomic mass is 10.5. The molecular weight excluding hydrogens is 248 g/mol. The van der Waals surface area contributed by atoms with E-state index in [-0.39, 0.29) is 19.2 Å². The molecule has 0 bridgehead atoms. The largest absolute Gasteiger partial charge is 0.461 e. The van der Waals surface area contributed by atoms with Crippen LogP contribution in [0.2, 0.25) is 0 Å². The van der Waals surface area contributed by atoms with E-state index in [4.69, 9.17) is 9.84 Å². The standard InChI is InChI=1S/C11H16N6O2/c1-2-4-12-9-14-10(17-6-3-5-13-17)16-11(15-9)19-8-7-18/h3,5-6,18H,2,4,7-8H2,1H3,(H,12,14,15,16). The Kier molecular flexibility index (Phi) is 4.62. The van der Waals surface area contributed by atoms with Gasteiger partial charge in [0.2, 0.25) is 5.95 Å². The summed E-state index contributed by atoms with van der Waals surface area (Å²) in [5.41, 5.74) is 0. The molecular formula is C11H16N6O2. The second-order valence-corrected chi connectivity index (χ2v) is 3.69. The summed E-state index contributed by atoms with van der Waals surface area (Å²) in [6.45, 7) is 2.84. The van der Waals surface area contributed by atoms with Gasteiger partial charge in [0, 0.05) is 18.9 Å². The topological polar surface area (TPSA) is 98.0 Å². The second kappa shape index (κ2) is 6.64. The molecule has 0 saturated carbocycles. The Labute approximate surface area is 110 Å². The first-order valence-corrected chi connectivity index (χ1v) is 6.07. The molecule has 0 spiro atoms.